The number of thiazole rings is 1. The Balaban J connectivity index is 2.04. The number of carbonyl (C=O) groups is 1. The van der Waals surface area contributed by atoms with Gasteiger partial charge in [0.2, 0.25) is 0 Å². The van der Waals surface area contributed by atoms with E-state index in [2.05, 4.69) is 23.7 Å². The van der Waals surface area contributed by atoms with Crippen molar-refractivity contribution in [3.63, 3.8) is 0 Å². The zero-order valence-electron chi connectivity index (χ0n) is 10.2. The van der Waals surface area contributed by atoms with E-state index in [0.29, 0.717) is 11.1 Å². The van der Waals surface area contributed by atoms with E-state index in [9.17, 15) is 4.79 Å². The lowest BCUT2D eigenvalue weighted by atomic mass is 9.83. The predicted octanol–water partition coefficient (Wildman–Crippen LogP) is 3.19. The van der Waals surface area contributed by atoms with Crippen LogP contribution in [0, 0.1) is 5.41 Å². The van der Waals surface area contributed by atoms with E-state index >= 15 is 0 Å². The van der Waals surface area contributed by atoms with Crippen molar-refractivity contribution in [3.8, 4) is 0 Å². The van der Waals surface area contributed by atoms with E-state index in [-0.39, 0.29) is 11.7 Å². The SMILES string of the molecule is CC1(C)CCN(c2nc(C(=O)CCl)cs2)CC1. The van der Waals surface area contributed by atoms with Crippen molar-refractivity contribution in [2.75, 3.05) is 23.9 Å². The maximum absolute atomic E-state index is 11.4. The number of hydrogen-bond donors (Lipinski definition) is 0. The van der Waals surface area contributed by atoms with Gasteiger partial charge >= 0.3 is 0 Å². The molecule has 1 aliphatic heterocycles. The third kappa shape index (κ3) is 2.99. The number of rotatable bonds is 3. The molecule has 0 aliphatic carbocycles. The standard InChI is InChI=1S/C12H17ClN2OS/c1-12(2)3-5-15(6-4-12)11-14-9(8-17-11)10(16)7-13/h8H,3-7H2,1-2H3. The van der Waals surface area contributed by atoms with Gasteiger partial charge in [-0.25, -0.2) is 4.98 Å². The molecular formula is C12H17ClN2OS. The highest BCUT2D eigenvalue weighted by Gasteiger charge is 2.26. The van der Waals surface area contributed by atoms with Crippen molar-refractivity contribution in [2.45, 2.75) is 26.7 Å². The second-order valence-electron chi connectivity index (χ2n) is 5.22. The molecule has 1 saturated heterocycles. The van der Waals surface area contributed by atoms with Crippen LogP contribution in [0.5, 0.6) is 0 Å². The third-order valence-electron chi connectivity index (χ3n) is 3.29. The fourth-order valence-corrected chi connectivity index (χ4v) is 2.93. The number of carbonyl (C=O) groups excluding carboxylic acids is 1. The van der Waals surface area contributed by atoms with Crippen molar-refractivity contribution in [1.29, 1.82) is 0 Å². The first-order valence-corrected chi connectivity index (χ1v) is 7.23. The number of halogens is 1. The maximum atomic E-state index is 11.4. The molecule has 5 heteroatoms. The molecule has 1 aliphatic rings. The smallest absolute Gasteiger partial charge is 0.196 e. The molecule has 0 amide bonds. The summed E-state index contributed by atoms with van der Waals surface area (Å²) in [6.45, 7) is 6.65. The lowest BCUT2D eigenvalue weighted by Crippen LogP contribution is -2.37. The van der Waals surface area contributed by atoms with Gasteiger partial charge < -0.3 is 4.90 Å². The van der Waals surface area contributed by atoms with Crippen molar-refractivity contribution in [3.05, 3.63) is 11.1 Å². The first kappa shape index (κ1) is 12.8. The third-order valence-corrected chi connectivity index (χ3v) is 4.43. The first-order valence-electron chi connectivity index (χ1n) is 5.81. The largest absolute Gasteiger partial charge is 0.348 e. The Morgan fingerprint density at radius 3 is 2.76 bits per heavy atom. The molecule has 1 fully saturated rings. The van der Waals surface area contributed by atoms with E-state index in [1.165, 1.54) is 24.2 Å². The molecule has 17 heavy (non-hydrogen) atoms. The second kappa shape index (κ2) is 4.94. The lowest BCUT2D eigenvalue weighted by molar-refractivity contribution is 0.101. The minimum atomic E-state index is -0.0912. The molecule has 0 N–H and O–H groups in total. The van der Waals surface area contributed by atoms with Gasteiger partial charge in [0.15, 0.2) is 10.9 Å². The van der Waals surface area contributed by atoms with Crippen LogP contribution in [0.4, 0.5) is 5.13 Å². The molecule has 0 radical (unpaired) electrons. The van der Waals surface area contributed by atoms with E-state index in [1.807, 2.05) is 0 Å². The highest BCUT2D eigenvalue weighted by atomic mass is 35.5. The topological polar surface area (TPSA) is 33.2 Å². The van der Waals surface area contributed by atoms with Crippen LogP contribution in [-0.2, 0) is 0 Å². The van der Waals surface area contributed by atoms with Gasteiger partial charge in [-0.2, -0.15) is 0 Å². The van der Waals surface area contributed by atoms with Crippen LogP contribution in [0.25, 0.3) is 0 Å². The van der Waals surface area contributed by atoms with Gasteiger partial charge in [-0.3, -0.25) is 4.79 Å². The second-order valence-corrected chi connectivity index (χ2v) is 6.33. The highest BCUT2D eigenvalue weighted by Crippen LogP contribution is 2.33. The molecule has 1 aromatic rings. The summed E-state index contributed by atoms with van der Waals surface area (Å²) in [6.07, 6.45) is 2.34. The number of aromatic nitrogens is 1. The molecule has 0 atom stereocenters. The summed E-state index contributed by atoms with van der Waals surface area (Å²) in [4.78, 5) is 18.0. The van der Waals surface area contributed by atoms with Crippen LogP contribution in [0.1, 0.15) is 37.2 Å². The molecule has 0 saturated carbocycles. The average molecular weight is 273 g/mol. The molecule has 94 valence electrons. The number of anilines is 1. The van der Waals surface area contributed by atoms with Crippen molar-refractivity contribution < 1.29 is 4.79 Å². The Morgan fingerprint density at radius 2 is 2.18 bits per heavy atom. The Hall–Kier alpha value is -0.610. The normalized spacial score (nSPS) is 19.4. The van der Waals surface area contributed by atoms with Crippen molar-refractivity contribution in [2.24, 2.45) is 5.41 Å². The minimum absolute atomic E-state index is 0.0101. The molecule has 1 aromatic heterocycles. The summed E-state index contributed by atoms with van der Waals surface area (Å²) >= 11 is 7.06. The molecule has 0 bridgehead atoms. The van der Waals surface area contributed by atoms with Crippen LogP contribution in [0.2, 0.25) is 0 Å². The van der Waals surface area contributed by atoms with Gasteiger partial charge in [0.05, 0.1) is 5.88 Å². The van der Waals surface area contributed by atoms with Gasteiger partial charge in [0.25, 0.3) is 0 Å². The monoisotopic (exact) mass is 272 g/mol. The highest BCUT2D eigenvalue weighted by molar-refractivity contribution is 7.14. The van der Waals surface area contributed by atoms with Gasteiger partial charge in [-0.15, -0.1) is 22.9 Å². The average Bonchev–Trinajstić information content (AvgIpc) is 2.77. The van der Waals surface area contributed by atoms with Crippen LogP contribution >= 0.6 is 22.9 Å². The fourth-order valence-electron chi connectivity index (χ4n) is 1.91. The fraction of sp³-hybridized carbons (Fsp3) is 0.667. The number of alkyl halides is 1. The van der Waals surface area contributed by atoms with Gasteiger partial charge in [-0.1, -0.05) is 13.8 Å². The summed E-state index contributed by atoms with van der Waals surface area (Å²) in [6, 6.07) is 0. The van der Waals surface area contributed by atoms with Gasteiger partial charge in [0.1, 0.15) is 5.69 Å². The number of nitrogens with zero attached hydrogens (tertiary/aromatic N) is 2. The summed E-state index contributed by atoms with van der Waals surface area (Å²) in [7, 11) is 0. The minimum Gasteiger partial charge on any atom is -0.348 e. The zero-order valence-corrected chi connectivity index (χ0v) is 11.8. The molecule has 0 spiro atoms. The van der Waals surface area contributed by atoms with Gasteiger partial charge in [-0.05, 0) is 18.3 Å². The predicted molar refractivity (Wildman–Crippen MR) is 72.4 cm³/mol. The lowest BCUT2D eigenvalue weighted by Gasteiger charge is -2.36. The summed E-state index contributed by atoms with van der Waals surface area (Å²) < 4.78 is 0. The Labute approximate surface area is 111 Å². The quantitative estimate of drug-likeness (QED) is 0.626. The Kier molecular flexibility index (Phi) is 3.73. The number of piperidine rings is 1. The van der Waals surface area contributed by atoms with E-state index < -0.39 is 0 Å². The van der Waals surface area contributed by atoms with Crippen molar-refractivity contribution in [1.82, 2.24) is 4.98 Å². The zero-order chi connectivity index (χ0) is 12.5. The molecule has 2 heterocycles. The Bertz CT molecular complexity index is 406. The molecule has 2 rings (SSSR count). The van der Waals surface area contributed by atoms with E-state index in [1.54, 1.807) is 5.38 Å². The first-order chi connectivity index (χ1) is 8.02. The van der Waals surface area contributed by atoms with Crippen LogP contribution in [0.3, 0.4) is 0 Å². The molecular weight excluding hydrogens is 256 g/mol. The summed E-state index contributed by atoms with van der Waals surface area (Å²) in [5.74, 6) is -0.0811. The van der Waals surface area contributed by atoms with Crippen LogP contribution in [-0.4, -0.2) is 29.7 Å². The molecule has 0 unspecified atom stereocenters. The van der Waals surface area contributed by atoms with E-state index in [4.69, 9.17) is 11.6 Å². The summed E-state index contributed by atoms with van der Waals surface area (Å²) in [5, 5.41) is 2.76. The van der Waals surface area contributed by atoms with Crippen LogP contribution < -0.4 is 4.90 Å². The Morgan fingerprint density at radius 1 is 1.53 bits per heavy atom. The molecule has 3 nitrogen and oxygen atoms in total. The number of Topliss-reactive ketones (excluding diaryl/α,β-unsaturated/α-hetero) is 1. The van der Waals surface area contributed by atoms with Crippen molar-refractivity contribution >= 4 is 33.9 Å². The van der Waals surface area contributed by atoms with Crippen LogP contribution in [0.15, 0.2) is 5.38 Å². The summed E-state index contributed by atoms with van der Waals surface area (Å²) in [5.41, 5.74) is 0.938. The molecule has 0 aromatic carbocycles. The number of ketones is 1. The maximum Gasteiger partial charge on any atom is 0.196 e. The van der Waals surface area contributed by atoms with E-state index in [0.717, 1.165) is 18.2 Å². The number of hydrogen-bond acceptors (Lipinski definition) is 4. The van der Waals surface area contributed by atoms with Gasteiger partial charge in [0, 0.05) is 18.5 Å².